The standard InChI is InChI=1S/C15H18FN3OS3/c1-9(2)7-21-14-18-19-15(23-14)22-8-13(20)17-11-5-4-10(3)12(16)6-11/h4-6,9H,7-8H2,1-3H3,(H,17,20). The van der Waals surface area contributed by atoms with Gasteiger partial charge in [0.15, 0.2) is 8.68 Å². The molecule has 0 aliphatic heterocycles. The number of carbonyl (C=O) groups is 1. The predicted molar refractivity (Wildman–Crippen MR) is 96.0 cm³/mol. The first kappa shape index (κ1) is 18.2. The zero-order chi connectivity index (χ0) is 16.8. The van der Waals surface area contributed by atoms with E-state index in [4.69, 9.17) is 0 Å². The number of halogens is 1. The maximum absolute atomic E-state index is 13.4. The molecule has 0 saturated carbocycles. The van der Waals surface area contributed by atoms with E-state index >= 15 is 0 Å². The first-order valence-electron chi connectivity index (χ1n) is 7.09. The monoisotopic (exact) mass is 371 g/mol. The summed E-state index contributed by atoms with van der Waals surface area (Å²) >= 11 is 4.51. The Kier molecular flexibility index (Phi) is 6.86. The van der Waals surface area contributed by atoms with Crippen molar-refractivity contribution in [2.24, 2.45) is 5.92 Å². The number of rotatable bonds is 7. The summed E-state index contributed by atoms with van der Waals surface area (Å²) in [6, 6.07) is 4.65. The Morgan fingerprint density at radius 2 is 2.00 bits per heavy atom. The lowest BCUT2D eigenvalue weighted by Gasteiger charge is -2.05. The van der Waals surface area contributed by atoms with Crippen LogP contribution in [0.5, 0.6) is 0 Å². The third kappa shape index (κ3) is 6.12. The minimum absolute atomic E-state index is 0.190. The maximum atomic E-state index is 13.4. The fraction of sp³-hybridized carbons (Fsp3) is 0.400. The Bertz CT molecular complexity index is 676. The molecule has 0 fully saturated rings. The van der Waals surface area contributed by atoms with Gasteiger partial charge in [-0.05, 0) is 30.5 Å². The number of hydrogen-bond acceptors (Lipinski definition) is 6. The van der Waals surface area contributed by atoms with Crippen molar-refractivity contribution in [2.75, 3.05) is 16.8 Å². The summed E-state index contributed by atoms with van der Waals surface area (Å²) in [6.07, 6.45) is 0. The van der Waals surface area contributed by atoms with Crippen LogP contribution in [-0.4, -0.2) is 27.6 Å². The number of carbonyl (C=O) groups excluding carboxylic acids is 1. The number of aryl methyl sites for hydroxylation is 1. The first-order chi connectivity index (χ1) is 10.9. The van der Waals surface area contributed by atoms with Gasteiger partial charge in [0.2, 0.25) is 5.91 Å². The molecule has 0 saturated heterocycles. The largest absolute Gasteiger partial charge is 0.325 e. The van der Waals surface area contributed by atoms with E-state index < -0.39 is 0 Å². The summed E-state index contributed by atoms with van der Waals surface area (Å²) in [7, 11) is 0. The zero-order valence-electron chi connectivity index (χ0n) is 13.1. The smallest absolute Gasteiger partial charge is 0.234 e. The molecule has 0 aliphatic carbocycles. The van der Waals surface area contributed by atoms with Crippen LogP contribution in [0.25, 0.3) is 0 Å². The van der Waals surface area contributed by atoms with Crippen LogP contribution in [0.1, 0.15) is 19.4 Å². The molecule has 0 aliphatic rings. The van der Waals surface area contributed by atoms with Gasteiger partial charge in [-0.3, -0.25) is 4.79 Å². The van der Waals surface area contributed by atoms with Crippen molar-refractivity contribution in [1.29, 1.82) is 0 Å². The number of amides is 1. The minimum Gasteiger partial charge on any atom is -0.325 e. The van der Waals surface area contributed by atoms with Crippen molar-refractivity contribution in [3.05, 3.63) is 29.6 Å². The Morgan fingerprint density at radius 3 is 2.65 bits per heavy atom. The summed E-state index contributed by atoms with van der Waals surface area (Å²) < 4.78 is 15.1. The predicted octanol–water partition coefficient (Wildman–Crippen LogP) is 4.46. The van der Waals surface area contributed by atoms with Gasteiger partial charge in [0.1, 0.15) is 5.82 Å². The molecule has 2 rings (SSSR count). The van der Waals surface area contributed by atoms with Crippen LogP contribution in [0.4, 0.5) is 10.1 Å². The summed E-state index contributed by atoms with van der Waals surface area (Å²) in [4.78, 5) is 11.9. The topological polar surface area (TPSA) is 54.9 Å². The van der Waals surface area contributed by atoms with Gasteiger partial charge < -0.3 is 5.32 Å². The van der Waals surface area contributed by atoms with E-state index in [2.05, 4.69) is 29.4 Å². The molecule has 1 amide bonds. The molecule has 0 bridgehead atoms. The Hall–Kier alpha value is -1.12. The van der Waals surface area contributed by atoms with E-state index in [0.29, 0.717) is 17.2 Å². The molecule has 8 heteroatoms. The second-order valence-corrected chi connectivity index (χ2v) is 8.81. The van der Waals surface area contributed by atoms with Crippen LogP contribution in [-0.2, 0) is 4.79 Å². The first-order valence-corrected chi connectivity index (χ1v) is 9.88. The summed E-state index contributed by atoms with van der Waals surface area (Å²) in [6.45, 7) is 5.99. The van der Waals surface area contributed by atoms with Crippen molar-refractivity contribution in [3.8, 4) is 0 Å². The average Bonchev–Trinajstić information content (AvgIpc) is 2.95. The van der Waals surface area contributed by atoms with Crippen LogP contribution in [0, 0.1) is 18.7 Å². The van der Waals surface area contributed by atoms with Crippen molar-refractivity contribution in [1.82, 2.24) is 10.2 Å². The summed E-state index contributed by atoms with van der Waals surface area (Å²) in [5.74, 6) is 1.30. The van der Waals surface area contributed by atoms with Crippen molar-refractivity contribution >= 4 is 46.5 Å². The van der Waals surface area contributed by atoms with Crippen LogP contribution >= 0.6 is 34.9 Å². The quantitative estimate of drug-likeness (QED) is 0.728. The van der Waals surface area contributed by atoms with Gasteiger partial charge in [0, 0.05) is 11.4 Å². The van der Waals surface area contributed by atoms with Gasteiger partial charge in [0.25, 0.3) is 0 Å². The van der Waals surface area contributed by atoms with E-state index in [1.807, 2.05) is 0 Å². The highest BCUT2D eigenvalue weighted by Crippen LogP contribution is 2.29. The molecule has 124 valence electrons. The van der Waals surface area contributed by atoms with Gasteiger partial charge in [-0.15, -0.1) is 10.2 Å². The highest BCUT2D eigenvalue weighted by atomic mass is 32.2. The van der Waals surface area contributed by atoms with E-state index in [1.165, 1.54) is 29.2 Å². The molecule has 23 heavy (non-hydrogen) atoms. The lowest BCUT2D eigenvalue weighted by Crippen LogP contribution is -2.14. The number of aromatic nitrogens is 2. The molecular formula is C15H18FN3OS3. The molecular weight excluding hydrogens is 353 g/mol. The van der Waals surface area contributed by atoms with Crippen LogP contribution in [0.15, 0.2) is 26.9 Å². The highest BCUT2D eigenvalue weighted by Gasteiger charge is 2.10. The third-order valence-electron chi connectivity index (χ3n) is 2.71. The van der Waals surface area contributed by atoms with Crippen molar-refractivity contribution < 1.29 is 9.18 Å². The van der Waals surface area contributed by atoms with Crippen LogP contribution < -0.4 is 5.32 Å². The van der Waals surface area contributed by atoms with Crippen molar-refractivity contribution in [2.45, 2.75) is 29.5 Å². The normalized spacial score (nSPS) is 11.0. The number of nitrogens with zero attached hydrogens (tertiary/aromatic N) is 2. The zero-order valence-corrected chi connectivity index (χ0v) is 15.6. The van der Waals surface area contributed by atoms with Gasteiger partial charge in [-0.2, -0.15) is 0 Å². The number of hydrogen-bond donors (Lipinski definition) is 1. The molecule has 4 nitrogen and oxygen atoms in total. The summed E-state index contributed by atoms with van der Waals surface area (Å²) in [5.41, 5.74) is 1.02. The molecule has 0 spiro atoms. The number of anilines is 1. The van der Waals surface area contributed by atoms with Gasteiger partial charge in [-0.1, -0.05) is 54.8 Å². The van der Waals surface area contributed by atoms with Gasteiger partial charge in [0.05, 0.1) is 5.75 Å². The molecule has 0 radical (unpaired) electrons. The number of nitrogens with one attached hydrogen (secondary N) is 1. The van der Waals surface area contributed by atoms with Gasteiger partial charge >= 0.3 is 0 Å². The Labute approximate surface area is 147 Å². The molecule has 1 aromatic carbocycles. The molecule has 1 aromatic heterocycles. The van der Waals surface area contributed by atoms with E-state index in [9.17, 15) is 9.18 Å². The fourth-order valence-corrected chi connectivity index (χ4v) is 4.34. The molecule has 1 heterocycles. The second kappa shape index (κ2) is 8.65. The van der Waals surface area contributed by atoms with Crippen LogP contribution in [0.3, 0.4) is 0 Å². The number of thioether (sulfide) groups is 2. The maximum Gasteiger partial charge on any atom is 0.234 e. The van der Waals surface area contributed by atoms with Crippen LogP contribution in [0.2, 0.25) is 0 Å². The van der Waals surface area contributed by atoms with E-state index in [-0.39, 0.29) is 17.5 Å². The Balaban J connectivity index is 1.81. The van der Waals surface area contributed by atoms with Crippen molar-refractivity contribution in [3.63, 3.8) is 0 Å². The minimum atomic E-state index is -0.327. The second-order valence-electron chi connectivity index (χ2n) is 5.34. The molecule has 2 aromatic rings. The SMILES string of the molecule is Cc1ccc(NC(=O)CSc2nnc(SCC(C)C)s2)cc1F. The van der Waals surface area contributed by atoms with Gasteiger partial charge in [-0.25, -0.2) is 4.39 Å². The molecule has 0 unspecified atom stereocenters. The fourth-order valence-electron chi connectivity index (χ4n) is 1.55. The average molecular weight is 372 g/mol. The van der Waals surface area contributed by atoms with E-state index in [0.717, 1.165) is 14.4 Å². The lowest BCUT2D eigenvalue weighted by molar-refractivity contribution is -0.113. The lowest BCUT2D eigenvalue weighted by atomic mass is 10.2. The molecule has 0 atom stereocenters. The number of benzene rings is 1. The van der Waals surface area contributed by atoms with E-state index in [1.54, 1.807) is 30.8 Å². The third-order valence-corrected chi connectivity index (χ3v) is 6.33. The Morgan fingerprint density at radius 1 is 1.30 bits per heavy atom. The summed E-state index contributed by atoms with van der Waals surface area (Å²) in [5, 5.41) is 10.8. The molecule has 1 N–H and O–H groups in total. The highest BCUT2D eigenvalue weighted by molar-refractivity contribution is 8.03.